The van der Waals surface area contributed by atoms with Crippen LogP contribution in [0.15, 0.2) is 33.6 Å². The number of pyridine rings is 1. The molecule has 0 aliphatic carbocycles. The first-order valence-electron chi connectivity index (χ1n) is 4.64. The molecule has 0 aliphatic heterocycles. The van der Waals surface area contributed by atoms with Crippen molar-refractivity contribution in [2.45, 2.75) is 6.92 Å². The summed E-state index contributed by atoms with van der Waals surface area (Å²) in [5.74, 6) is -0.113. The molecule has 16 heavy (non-hydrogen) atoms. The van der Waals surface area contributed by atoms with Crippen LogP contribution in [-0.2, 0) is 0 Å². The Hall–Kier alpha value is -1.20. The minimum atomic E-state index is -0.113. The molecule has 0 atom stereocenters. The van der Waals surface area contributed by atoms with Crippen molar-refractivity contribution in [2.24, 2.45) is 0 Å². The Kier molecular flexibility index (Phi) is 3.36. The molecule has 0 fully saturated rings. The zero-order chi connectivity index (χ0) is 11.5. The van der Waals surface area contributed by atoms with Crippen LogP contribution in [0.1, 0.15) is 16.1 Å². The molecule has 82 valence electrons. The lowest BCUT2D eigenvalue weighted by Crippen LogP contribution is -2.12. The van der Waals surface area contributed by atoms with E-state index >= 15 is 0 Å². The van der Waals surface area contributed by atoms with Crippen molar-refractivity contribution >= 4 is 38.9 Å². The van der Waals surface area contributed by atoms with Gasteiger partial charge in [-0.2, -0.15) is 0 Å². The average Bonchev–Trinajstić information content (AvgIpc) is 2.68. The van der Waals surface area contributed by atoms with Crippen LogP contribution in [0.3, 0.4) is 0 Å². The number of nitrogens with one attached hydrogen (secondary N) is 1. The maximum absolute atomic E-state index is 11.8. The molecular weight excluding hydrogens is 288 g/mol. The standard InChI is InChI=1S/C11H9BrN2OS/c1-7-9(3-2-4-13-7)14-11(15)8-5-10(12)16-6-8/h2-6H,1H3,(H,14,15). The number of halogens is 1. The highest BCUT2D eigenvalue weighted by molar-refractivity contribution is 9.11. The smallest absolute Gasteiger partial charge is 0.256 e. The molecule has 2 aromatic heterocycles. The molecule has 0 unspecified atom stereocenters. The lowest BCUT2D eigenvalue weighted by Gasteiger charge is -2.05. The molecule has 0 saturated carbocycles. The number of rotatable bonds is 2. The number of nitrogens with zero attached hydrogens (tertiary/aromatic N) is 1. The highest BCUT2D eigenvalue weighted by Gasteiger charge is 2.09. The van der Waals surface area contributed by atoms with Gasteiger partial charge in [0.05, 0.1) is 20.7 Å². The van der Waals surface area contributed by atoms with Gasteiger partial charge >= 0.3 is 0 Å². The molecule has 1 N–H and O–H groups in total. The van der Waals surface area contributed by atoms with Crippen molar-refractivity contribution in [2.75, 3.05) is 5.32 Å². The predicted molar refractivity (Wildman–Crippen MR) is 68.9 cm³/mol. The fourth-order valence-corrected chi connectivity index (χ4v) is 2.38. The van der Waals surface area contributed by atoms with Gasteiger partial charge in [-0.15, -0.1) is 11.3 Å². The van der Waals surface area contributed by atoms with Crippen LogP contribution in [0.4, 0.5) is 5.69 Å². The van der Waals surface area contributed by atoms with E-state index in [1.165, 1.54) is 11.3 Å². The summed E-state index contributed by atoms with van der Waals surface area (Å²) < 4.78 is 0.945. The summed E-state index contributed by atoms with van der Waals surface area (Å²) in [7, 11) is 0. The van der Waals surface area contributed by atoms with Crippen LogP contribution in [0.2, 0.25) is 0 Å². The monoisotopic (exact) mass is 296 g/mol. The van der Waals surface area contributed by atoms with Gasteiger partial charge in [0.2, 0.25) is 0 Å². The number of amides is 1. The van der Waals surface area contributed by atoms with E-state index in [4.69, 9.17) is 0 Å². The summed E-state index contributed by atoms with van der Waals surface area (Å²) in [6, 6.07) is 5.43. The maximum atomic E-state index is 11.8. The van der Waals surface area contributed by atoms with Crippen LogP contribution in [0, 0.1) is 6.92 Å². The molecule has 0 saturated heterocycles. The van der Waals surface area contributed by atoms with Crippen molar-refractivity contribution in [1.29, 1.82) is 0 Å². The van der Waals surface area contributed by atoms with Crippen molar-refractivity contribution in [1.82, 2.24) is 4.98 Å². The predicted octanol–water partition coefficient (Wildman–Crippen LogP) is 3.47. The zero-order valence-corrected chi connectivity index (χ0v) is 10.9. The van der Waals surface area contributed by atoms with E-state index in [0.717, 1.165) is 15.2 Å². The third-order valence-electron chi connectivity index (χ3n) is 2.08. The first-order chi connectivity index (χ1) is 7.66. The quantitative estimate of drug-likeness (QED) is 0.922. The number of thiophene rings is 1. The highest BCUT2D eigenvalue weighted by atomic mass is 79.9. The molecule has 0 radical (unpaired) electrons. The maximum Gasteiger partial charge on any atom is 0.256 e. The van der Waals surface area contributed by atoms with Crippen LogP contribution < -0.4 is 5.32 Å². The molecular formula is C11H9BrN2OS. The third kappa shape index (κ3) is 2.48. The summed E-state index contributed by atoms with van der Waals surface area (Å²) in [5, 5.41) is 4.63. The van der Waals surface area contributed by atoms with Gasteiger partial charge in [0.15, 0.2) is 0 Å². The van der Waals surface area contributed by atoms with Crippen molar-refractivity contribution in [3.05, 3.63) is 44.8 Å². The second-order valence-electron chi connectivity index (χ2n) is 3.23. The Labute approximate surface area is 106 Å². The molecule has 5 heteroatoms. The number of carbonyl (C=O) groups excluding carboxylic acids is 1. The minimum Gasteiger partial charge on any atom is -0.320 e. The Morgan fingerprint density at radius 1 is 1.56 bits per heavy atom. The Balaban J connectivity index is 2.17. The summed E-state index contributed by atoms with van der Waals surface area (Å²) >= 11 is 4.81. The van der Waals surface area contributed by atoms with Gasteiger partial charge in [-0.3, -0.25) is 9.78 Å². The number of aryl methyl sites for hydroxylation is 1. The first kappa shape index (κ1) is 11.3. The fraction of sp³-hybridized carbons (Fsp3) is 0.0909. The van der Waals surface area contributed by atoms with Gasteiger partial charge in [-0.1, -0.05) is 0 Å². The van der Waals surface area contributed by atoms with Gasteiger partial charge < -0.3 is 5.32 Å². The Bertz CT molecular complexity index is 524. The van der Waals surface area contributed by atoms with E-state index < -0.39 is 0 Å². The Morgan fingerprint density at radius 2 is 2.38 bits per heavy atom. The summed E-state index contributed by atoms with van der Waals surface area (Å²) in [6.45, 7) is 1.86. The number of hydrogen-bond donors (Lipinski definition) is 1. The van der Waals surface area contributed by atoms with E-state index in [0.29, 0.717) is 5.56 Å². The van der Waals surface area contributed by atoms with E-state index in [9.17, 15) is 4.79 Å². The molecule has 2 rings (SSSR count). The van der Waals surface area contributed by atoms with E-state index in [2.05, 4.69) is 26.2 Å². The minimum absolute atomic E-state index is 0.113. The van der Waals surface area contributed by atoms with Gasteiger partial charge in [0.1, 0.15) is 0 Å². The Morgan fingerprint density at radius 3 is 3.00 bits per heavy atom. The van der Waals surface area contributed by atoms with Crippen LogP contribution >= 0.6 is 27.3 Å². The summed E-state index contributed by atoms with van der Waals surface area (Å²) in [5.41, 5.74) is 2.21. The van der Waals surface area contributed by atoms with Gasteiger partial charge in [0.25, 0.3) is 5.91 Å². The molecule has 2 aromatic rings. The average molecular weight is 297 g/mol. The van der Waals surface area contributed by atoms with Crippen molar-refractivity contribution in [3.63, 3.8) is 0 Å². The molecule has 3 nitrogen and oxygen atoms in total. The lowest BCUT2D eigenvalue weighted by atomic mass is 10.2. The lowest BCUT2D eigenvalue weighted by molar-refractivity contribution is 0.102. The van der Waals surface area contributed by atoms with Gasteiger partial charge in [-0.05, 0) is 41.1 Å². The normalized spacial score (nSPS) is 10.1. The number of anilines is 1. The second kappa shape index (κ2) is 4.76. The largest absolute Gasteiger partial charge is 0.320 e. The highest BCUT2D eigenvalue weighted by Crippen LogP contribution is 2.21. The molecule has 2 heterocycles. The second-order valence-corrected chi connectivity index (χ2v) is 5.52. The number of carbonyl (C=O) groups is 1. The number of aromatic nitrogens is 1. The summed E-state index contributed by atoms with van der Waals surface area (Å²) in [6.07, 6.45) is 1.70. The SMILES string of the molecule is Cc1ncccc1NC(=O)c1csc(Br)c1. The van der Waals surface area contributed by atoms with E-state index in [1.54, 1.807) is 18.3 Å². The van der Waals surface area contributed by atoms with Crippen molar-refractivity contribution < 1.29 is 4.79 Å². The molecule has 0 bridgehead atoms. The topological polar surface area (TPSA) is 42.0 Å². The van der Waals surface area contributed by atoms with Crippen LogP contribution in [0.5, 0.6) is 0 Å². The third-order valence-corrected chi connectivity index (χ3v) is 3.59. The van der Waals surface area contributed by atoms with Crippen molar-refractivity contribution in [3.8, 4) is 0 Å². The first-order valence-corrected chi connectivity index (χ1v) is 6.31. The van der Waals surface area contributed by atoms with E-state index in [1.807, 2.05) is 18.4 Å². The number of hydrogen-bond acceptors (Lipinski definition) is 3. The van der Waals surface area contributed by atoms with Crippen LogP contribution in [0.25, 0.3) is 0 Å². The van der Waals surface area contributed by atoms with Gasteiger partial charge in [0, 0.05) is 11.6 Å². The summed E-state index contributed by atoms with van der Waals surface area (Å²) in [4.78, 5) is 15.9. The zero-order valence-electron chi connectivity index (χ0n) is 8.53. The molecule has 1 amide bonds. The molecule has 0 aromatic carbocycles. The van der Waals surface area contributed by atoms with E-state index in [-0.39, 0.29) is 5.91 Å². The fourth-order valence-electron chi connectivity index (χ4n) is 1.24. The van der Waals surface area contributed by atoms with Gasteiger partial charge in [-0.25, -0.2) is 0 Å². The molecule has 0 spiro atoms. The molecule has 0 aliphatic rings. The van der Waals surface area contributed by atoms with Crippen LogP contribution in [-0.4, -0.2) is 10.9 Å².